The Bertz CT molecular complexity index is 5860. The fraction of sp³-hybridized carbons (Fsp3) is 0.349. The first kappa shape index (κ1) is 94.0. The van der Waals surface area contributed by atoms with Gasteiger partial charge in [-0.25, -0.2) is 19.2 Å². The van der Waals surface area contributed by atoms with Crippen molar-refractivity contribution in [2.75, 3.05) is 37.5 Å². The van der Waals surface area contributed by atoms with Crippen molar-refractivity contribution in [3.05, 3.63) is 215 Å². The summed E-state index contributed by atoms with van der Waals surface area (Å²) >= 11 is 7.23. The molecule has 10 aromatic heterocycles. The molecule has 1 aromatic carbocycles. The number of halogens is 1. The van der Waals surface area contributed by atoms with Crippen LogP contribution in [0, 0.1) is 13.9 Å². The standard InChI is InChI=1S/C16H13FN4OSe.C14H19N3O3.C14H19N3O2S.C13H17N5O2.C13H15N3O3.C13H15N3O2Se/c1-21-12-3-2-8-18-13(12)15(23)14(20-21)16(22)19-9-10-4-6-11(17)7-5-10;1-14(2,3)20-13(18)11-12(19-5)10-9(17(4)16-11)7-6-8-15-10;1-14(2,3)19-13(18)11-12(20-5)10-9(17(4)16-11)7-6-8-15-10;1-13(2,3)20-12(19)11-10(16-14)9-8(18(4)17-11)6-5-7-15-9;1-13(2,3)19-12(18)10-11(17)9-8(16(4)15-10)6-5-7-14-9;1-13(2,3)18-12(17)10-11(19)9-8(16(4)15-10)6-5-7-14-9/h2-8H,9H2,1H3,(H,19,22);2*6-8,16H,1-5H3;5-7H,14H2,1-4H3;2*5-7H,1-4H3/b;;;16-10+;;. The van der Waals surface area contributed by atoms with Crippen molar-refractivity contribution in [1.82, 2.24) is 85.2 Å². The Labute approximate surface area is 717 Å². The van der Waals surface area contributed by atoms with Crippen LogP contribution < -0.4 is 42.8 Å². The zero-order chi connectivity index (χ0) is 89.6. The number of carbonyl (C=O) groups is 6. The number of nitrogens with one attached hydrogen (secondary N) is 3. The number of pyridine rings is 6. The Kier molecular flexibility index (Phi) is 30.7. The number of anilines is 2. The first-order valence-electron chi connectivity index (χ1n) is 37.3. The Hall–Kier alpha value is -12.5. The second-order valence-electron chi connectivity index (χ2n) is 31.6. The van der Waals surface area contributed by atoms with Gasteiger partial charge in [-0.1, -0.05) is 0 Å². The zero-order valence-electron chi connectivity index (χ0n) is 71.5. The molecule has 0 unspecified atom stereocenters. The number of methoxy groups -OCH3 is 1. The van der Waals surface area contributed by atoms with Crippen LogP contribution in [0.3, 0.4) is 0 Å². The van der Waals surface area contributed by atoms with Gasteiger partial charge in [0.15, 0.2) is 22.8 Å². The fourth-order valence-corrected chi connectivity index (χ4v) is 13.0. The molecule has 2 aliphatic heterocycles. The molecular formula is C83H98FN21O13SSe2. The molecule has 0 radical (unpaired) electrons. The number of nitrogens with zero attached hydrogens (tertiary/aromatic N) is 17. The summed E-state index contributed by atoms with van der Waals surface area (Å²) in [6.45, 7) is 27.3. The van der Waals surface area contributed by atoms with Crippen LogP contribution in [0.15, 0.2) is 156 Å². The van der Waals surface area contributed by atoms with Crippen molar-refractivity contribution in [1.29, 1.82) is 0 Å². The van der Waals surface area contributed by atoms with Gasteiger partial charge >= 0.3 is 281 Å². The summed E-state index contributed by atoms with van der Waals surface area (Å²) in [6.07, 6.45) is 11.8. The third-order valence-corrected chi connectivity index (χ3v) is 18.5. The third-order valence-electron chi connectivity index (χ3n) is 16.1. The van der Waals surface area contributed by atoms with Gasteiger partial charge in [0.1, 0.15) is 50.2 Å². The SMILES string of the molecule is COC1=C(C(=O)OC(C)(C)C)NN(C)c2cccnc21.CSC1=C(C(=O)OC(C)(C)C)NN(C)c2cccnc21.Cn1nc(C(=O)NCc2ccc(F)cc2)c(=[Se])c2ncccc21.Cn1nc(C(=O)OC(C)(C)C)/c(=N/N)c2ncccc21.Cn1nc(C(=O)OC(C)(C)C)c(=O)c2ncccc21.Cn1nc(C(=O)OC(C)(C)C)c(=[Se])c2ncccc21. The monoisotopic (exact) mass is 1810 g/mol. The molecule has 5 N–H and O–H groups in total. The van der Waals surface area contributed by atoms with E-state index in [0.717, 1.165) is 44.1 Å². The minimum atomic E-state index is -0.736. The molecule has 34 nitrogen and oxygen atoms in total. The summed E-state index contributed by atoms with van der Waals surface area (Å²) in [7, 11) is 12.1. The Morgan fingerprint density at radius 2 is 0.810 bits per heavy atom. The van der Waals surface area contributed by atoms with Gasteiger partial charge in [0.25, 0.3) is 0 Å². The predicted octanol–water partition coefficient (Wildman–Crippen LogP) is 9.45. The molecule has 11 aromatic rings. The van der Waals surface area contributed by atoms with Crippen molar-refractivity contribution in [2.24, 2.45) is 39.1 Å². The maximum atomic E-state index is 12.9. The number of ether oxygens (including phenoxy) is 6. The molecule has 1 amide bonds. The number of aromatic nitrogens is 14. The number of hydrogen-bond donors (Lipinski definition) is 4. The number of hydrazine groups is 2. The van der Waals surface area contributed by atoms with Crippen molar-refractivity contribution in [2.45, 2.75) is 138 Å². The van der Waals surface area contributed by atoms with Gasteiger partial charge in [-0.15, -0.1) is 11.8 Å². The zero-order valence-corrected chi connectivity index (χ0v) is 75.7. The van der Waals surface area contributed by atoms with Crippen LogP contribution in [0.1, 0.15) is 163 Å². The summed E-state index contributed by atoms with van der Waals surface area (Å²) in [5, 5.41) is 26.9. The Morgan fingerprint density at radius 3 is 1.26 bits per heavy atom. The summed E-state index contributed by atoms with van der Waals surface area (Å²) in [5.74, 6) is 2.55. The number of esters is 5. The number of carbonyl (C=O) groups excluding carboxylic acids is 6. The van der Waals surface area contributed by atoms with Gasteiger partial charge in [0, 0.05) is 53.0 Å². The molecule has 0 spiro atoms. The summed E-state index contributed by atoms with van der Waals surface area (Å²) in [4.78, 5) is 112. The van der Waals surface area contributed by atoms with E-state index in [0.29, 0.717) is 53.9 Å². The number of rotatable bonds is 10. The van der Waals surface area contributed by atoms with E-state index in [4.69, 9.17) is 34.3 Å². The quantitative estimate of drug-likeness (QED) is 0.0325. The van der Waals surface area contributed by atoms with Gasteiger partial charge in [0.05, 0.1) is 34.4 Å². The van der Waals surface area contributed by atoms with Crippen molar-refractivity contribution < 1.29 is 61.6 Å². The van der Waals surface area contributed by atoms with Crippen LogP contribution >= 0.6 is 11.8 Å². The predicted molar refractivity (Wildman–Crippen MR) is 459 cm³/mol. The van der Waals surface area contributed by atoms with E-state index < -0.39 is 57.3 Å². The molecule has 638 valence electrons. The summed E-state index contributed by atoms with van der Waals surface area (Å²) in [6, 6.07) is 28.0. The van der Waals surface area contributed by atoms with E-state index in [1.807, 2.05) is 130 Å². The van der Waals surface area contributed by atoms with Crippen molar-refractivity contribution in [3.8, 4) is 0 Å². The number of thioether (sulfide) groups is 1. The first-order valence-corrected chi connectivity index (χ1v) is 40.3. The number of hydrogen-bond acceptors (Lipinski definition) is 30. The topological polar surface area (TPSA) is 404 Å². The molecule has 38 heteroatoms. The van der Waals surface area contributed by atoms with E-state index in [9.17, 15) is 38.0 Å². The van der Waals surface area contributed by atoms with Gasteiger partial charge in [0.2, 0.25) is 11.1 Å². The average molecular weight is 1810 g/mol. The molecule has 2 aliphatic rings. The van der Waals surface area contributed by atoms with Gasteiger partial charge in [-0.2, -0.15) is 15.3 Å². The second kappa shape index (κ2) is 39.6. The van der Waals surface area contributed by atoms with Crippen LogP contribution in [0.25, 0.3) is 54.8 Å². The maximum absolute atomic E-state index is 12.9. The number of nitrogens with two attached hydrogens (primary N) is 1. The van der Waals surface area contributed by atoms with Crippen molar-refractivity contribution in [3.63, 3.8) is 0 Å². The first-order chi connectivity index (χ1) is 56.6. The van der Waals surface area contributed by atoms with E-state index in [1.165, 1.54) is 41.9 Å². The average Bonchev–Trinajstić information content (AvgIpc) is 0.440. The van der Waals surface area contributed by atoms with Gasteiger partial charge < -0.3 is 29.5 Å². The molecular weight excluding hydrogens is 1710 g/mol. The van der Waals surface area contributed by atoms with Crippen LogP contribution in [-0.2, 0) is 72.7 Å². The van der Waals surface area contributed by atoms with Crippen LogP contribution in [0.2, 0.25) is 0 Å². The van der Waals surface area contributed by atoms with Gasteiger partial charge in [-0.3, -0.25) is 55.0 Å². The third kappa shape index (κ3) is 24.8. The van der Waals surface area contributed by atoms with E-state index in [2.05, 4.69) is 103 Å². The molecule has 12 heterocycles. The molecule has 0 fully saturated rings. The van der Waals surface area contributed by atoms with Crippen LogP contribution in [-0.4, -0.2) is 191 Å². The molecule has 0 atom stereocenters. The molecule has 121 heavy (non-hydrogen) atoms. The molecule has 0 bridgehead atoms. The number of amides is 1. The molecule has 0 aliphatic carbocycles. The van der Waals surface area contributed by atoms with E-state index in [-0.39, 0.29) is 57.0 Å². The Morgan fingerprint density at radius 1 is 0.463 bits per heavy atom. The van der Waals surface area contributed by atoms with E-state index in [1.54, 1.807) is 162 Å². The number of aryl methyl sites for hydroxylation is 4. The molecule has 0 saturated heterocycles. The molecule has 0 saturated carbocycles. The van der Waals surface area contributed by atoms with Gasteiger partial charge in [-0.05, 0) is 138 Å². The minimum absolute atomic E-state index is 0.0520. The van der Waals surface area contributed by atoms with E-state index >= 15 is 0 Å². The second-order valence-corrected chi connectivity index (χ2v) is 34.1. The van der Waals surface area contributed by atoms with Crippen molar-refractivity contribution >= 4 is 145 Å². The summed E-state index contributed by atoms with van der Waals surface area (Å²) in [5.41, 5.74) is 12.7. The Balaban J connectivity index is 0.000000181. The summed E-state index contributed by atoms with van der Waals surface area (Å²) < 4.78 is 52.3. The number of benzene rings is 1. The van der Waals surface area contributed by atoms with Crippen LogP contribution in [0.5, 0.6) is 0 Å². The number of fused-ring (bicyclic) bond motifs is 6. The molecule has 13 rings (SSSR count). The van der Waals surface area contributed by atoms with Crippen LogP contribution in [0.4, 0.5) is 15.8 Å². The normalized spacial score (nSPS) is 12.6. The fourth-order valence-electron chi connectivity index (χ4n) is 11.1.